The number of likely N-dealkylation sites (tertiary alicyclic amines) is 1. The Morgan fingerprint density at radius 1 is 1.53 bits per heavy atom. The van der Waals surface area contributed by atoms with Crippen LogP contribution in [0.25, 0.3) is 0 Å². The highest BCUT2D eigenvalue weighted by Crippen LogP contribution is 2.24. The molecule has 0 aromatic carbocycles. The van der Waals surface area contributed by atoms with Crippen LogP contribution in [0.15, 0.2) is 16.8 Å². The predicted octanol–water partition coefficient (Wildman–Crippen LogP) is 2.57. The lowest BCUT2D eigenvalue weighted by molar-refractivity contribution is 0.0640. The molecule has 0 spiro atoms. The molecule has 4 nitrogen and oxygen atoms in total. The third kappa shape index (κ3) is 3.08. The summed E-state index contributed by atoms with van der Waals surface area (Å²) in [5.74, 6) is 1.85. The third-order valence-corrected chi connectivity index (χ3v) is 3.36. The first-order valence-electron chi connectivity index (χ1n) is 6.36. The Morgan fingerprint density at radius 3 is 2.76 bits per heavy atom. The molecule has 1 amide bonds. The number of nitrogens with zero attached hydrogens (tertiary/aromatic N) is 2. The highest BCUT2D eigenvalue weighted by molar-refractivity contribution is 5.91. The second kappa shape index (κ2) is 5.34. The van der Waals surface area contributed by atoms with Crippen LogP contribution in [0.3, 0.4) is 0 Å². The van der Waals surface area contributed by atoms with Crippen molar-refractivity contribution in [2.75, 3.05) is 13.1 Å². The van der Waals surface area contributed by atoms with Crippen LogP contribution in [0.4, 0.5) is 0 Å². The highest BCUT2D eigenvalue weighted by atomic mass is 16.5. The summed E-state index contributed by atoms with van der Waals surface area (Å²) >= 11 is 0. The van der Waals surface area contributed by atoms with Crippen LogP contribution in [-0.4, -0.2) is 29.1 Å². The fourth-order valence-electron chi connectivity index (χ4n) is 2.52. The molecule has 0 N–H and O–H groups in total. The van der Waals surface area contributed by atoms with Gasteiger partial charge in [-0.15, -0.1) is 0 Å². The van der Waals surface area contributed by atoms with E-state index in [0.717, 1.165) is 37.8 Å². The zero-order valence-electron chi connectivity index (χ0n) is 10.6. The van der Waals surface area contributed by atoms with Gasteiger partial charge in [0.25, 0.3) is 5.91 Å². The summed E-state index contributed by atoms with van der Waals surface area (Å²) in [7, 11) is 0. The van der Waals surface area contributed by atoms with Gasteiger partial charge < -0.3 is 9.42 Å². The number of carbonyl (C=O) groups is 1. The van der Waals surface area contributed by atoms with Gasteiger partial charge in [0.2, 0.25) is 5.76 Å². The molecule has 0 aliphatic carbocycles. The van der Waals surface area contributed by atoms with Crippen molar-refractivity contribution in [2.24, 2.45) is 11.8 Å². The lowest BCUT2D eigenvalue weighted by Gasteiger charge is -2.32. The summed E-state index contributed by atoms with van der Waals surface area (Å²) < 4.78 is 4.90. The van der Waals surface area contributed by atoms with Gasteiger partial charge in [-0.3, -0.25) is 4.79 Å². The number of piperidine rings is 1. The predicted molar refractivity (Wildman–Crippen MR) is 64.6 cm³/mol. The third-order valence-electron chi connectivity index (χ3n) is 3.36. The molecular weight excluding hydrogens is 216 g/mol. The quantitative estimate of drug-likeness (QED) is 0.810. The molecular formula is C13H20N2O2. The van der Waals surface area contributed by atoms with E-state index < -0.39 is 0 Å². The molecule has 2 heterocycles. The van der Waals surface area contributed by atoms with Crippen molar-refractivity contribution in [1.82, 2.24) is 10.1 Å². The van der Waals surface area contributed by atoms with Crippen molar-refractivity contribution in [3.8, 4) is 0 Å². The Balaban J connectivity index is 1.85. The van der Waals surface area contributed by atoms with E-state index in [1.54, 1.807) is 6.07 Å². The second-order valence-electron chi connectivity index (χ2n) is 5.24. The molecule has 94 valence electrons. The van der Waals surface area contributed by atoms with Crippen LogP contribution >= 0.6 is 0 Å². The topological polar surface area (TPSA) is 46.3 Å². The summed E-state index contributed by atoms with van der Waals surface area (Å²) in [5.41, 5.74) is 0. The van der Waals surface area contributed by atoms with E-state index >= 15 is 0 Å². The minimum absolute atomic E-state index is 0.0227. The summed E-state index contributed by atoms with van der Waals surface area (Å²) in [6.07, 6.45) is 5.00. The fraction of sp³-hybridized carbons (Fsp3) is 0.692. The molecule has 17 heavy (non-hydrogen) atoms. The highest BCUT2D eigenvalue weighted by Gasteiger charge is 2.25. The van der Waals surface area contributed by atoms with Crippen molar-refractivity contribution >= 4 is 5.91 Å². The fourth-order valence-corrected chi connectivity index (χ4v) is 2.52. The molecule has 1 aromatic heterocycles. The van der Waals surface area contributed by atoms with Crippen molar-refractivity contribution in [3.63, 3.8) is 0 Å². The van der Waals surface area contributed by atoms with E-state index in [0.29, 0.717) is 5.76 Å². The van der Waals surface area contributed by atoms with E-state index in [2.05, 4.69) is 19.0 Å². The average Bonchev–Trinajstić information content (AvgIpc) is 2.82. The molecule has 0 unspecified atom stereocenters. The first kappa shape index (κ1) is 12.1. The molecule has 2 rings (SSSR count). The Labute approximate surface area is 102 Å². The van der Waals surface area contributed by atoms with Crippen molar-refractivity contribution in [2.45, 2.75) is 33.1 Å². The van der Waals surface area contributed by atoms with E-state index in [-0.39, 0.29) is 5.91 Å². The molecule has 0 bridgehead atoms. The summed E-state index contributed by atoms with van der Waals surface area (Å²) in [6, 6.07) is 1.63. The van der Waals surface area contributed by atoms with Crippen LogP contribution < -0.4 is 0 Å². The van der Waals surface area contributed by atoms with Crippen molar-refractivity contribution in [3.05, 3.63) is 18.0 Å². The number of amides is 1. The number of carbonyl (C=O) groups excluding carboxylic acids is 1. The molecule has 1 aliphatic rings. The minimum Gasteiger partial charge on any atom is -0.351 e. The lowest BCUT2D eigenvalue weighted by Crippen LogP contribution is -2.38. The Morgan fingerprint density at radius 2 is 2.24 bits per heavy atom. The van der Waals surface area contributed by atoms with E-state index in [1.165, 1.54) is 12.6 Å². The molecule has 1 fully saturated rings. The molecule has 0 radical (unpaired) electrons. The summed E-state index contributed by atoms with van der Waals surface area (Å²) in [5, 5.41) is 3.57. The van der Waals surface area contributed by atoms with Crippen LogP contribution in [0.2, 0.25) is 0 Å². The standard InChI is InChI=1S/C13H20N2O2/c1-10(2)9-11-4-7-15(8-5-11)13(16)12-3-6-14-17-12/h3,6,10-11H,4-5,7-9H2,1-2H3. The number of hydrogen-bond donors (Lipinski definition) is 0. The van der Waals surface area contributed by atoms with Gasteiger partial charge in [0.1, 0.15) is 0 Å². The lowest BCUT2D eigenvalue weighted by atomic mass is 9.88. The van der Waals surface area contributed by atoms with Gasteiger partial charge in [0.05, 0.1) is 6.20 Å². The number of aromatic nitrogens is 1. The van der Waals surface area contributed by atoms with Gasteiger partial charge in [-0.25, -0.2) is 0 Å². The van der Waals surface area contributed by atoms with Gasteiger partial charge >= 0.3 is 0 Å². The monoisotopic (exact) mass is 236 g/mol. The Hall–Kier alpha value is -1.32. The van der Waals surface area contributed by atoms with Crippen molar-refractivity contribution in [1.29, 1.82) is 0 Å². The van der Waals surface area contributed by atoms with Crippen molar-refractivity contribution < 1.29 is 9.32 Å². The molecule has 0 atom stereocenters. The first-order chi connectivity index (χ1) is 8.16. The maximum atomic E-state index is 12.0. The molecule has 0 saturated carbocycles. The Bertz CT molecular complexity index is 352. The van der Waals surface area contributed by atoms with Gasteiger partial charge in [0, 0.05) is 19.2 Å². The van der Waals surface area contributed by atoms with Gasteiger partial charge in [-0.1, -0.05) is 19.0 Å². The smallest absolute Gasteiger partial charge is 0.292 e. The maximum Gasteiger partial charge on any atom is 0.292 e. The average molecular weight is 236 g/mol. The molecule has 1 saturated heterocycles. The summed E-state index contributed by atoms with van der Waals surface area (Å²) in [6.45, 7) is 6.20. The second-order valence-corrected chi connectivity index (χ2v) is 5.24. The van der Waals surface area contributed by atoms with Crippen LogP contribution in [-0.2, 0) is 0 Å². The molecule has 1 aliphatic heterocycles. The first-order valence-corrected chi connectivity index (χ1v) is 6.36. The van der Waals surface area contributed by atoms with E-state index in [4.69, 9.17) is 4.52 Å². The normalized spacial score (nSPS) is 17.7. The van der Waals surface area contributed by atoms with Crippen LogP contribution in [0, 0.1) is 11.8 Å². The zero-order chi connectivity index (χ0) is 12.3. The van der Waals surface area contributed by atoms with Gasteiger partial charge in [-0.2, -0.15) is 0 Å². The van der Waals surface area contributed by atoms with Crippen LogP contribution in [0.1, 0.15) is 43.7 Å². The van der Waals surface area contributed by atoms with Gasteiger partial charge in [0.15, 0.2) is 0 Å². The Kier molecular flexibility index (Phi) is 3.82. The SMILES string of the molecule is CC(C)CC1CCN(C(=O)c2ccno2)CC1. The van der Waals surface area contributed by atoms with E-state index in [1.807, 2.05) is 4.90 Å². The summed E-state index contributed by atoms with van der Waals surface area (Å²) in [4.78, 5) is 13.9. The van der Waals surface area contributed by atoms with Crippen LogP contribution in [0.5, 0.6) is 0 Å². The van der Waals surface area contributed by atoms with Gasteiger partial charge in [-0.05, 0) is 31.1 Å². The minimum atomic E-state index is -0.0227. The molecule has 1 aromatic rings. The maximum absolute atomic E-state index is 12.0. The number of hydrogen-bond acceptors (Lipinski definition) is 3. The largest absolute Gasteiger partial charge is 0.351 e. The van der Waals surface area contributed by atoms with E-state index in [9.17, 15) is 4.79 Å². The zero-order valence-corrected chi connectivity index (χ0v) is 10.6. The number of rotatable bonds is 3. The molecule has 4 heteroatoms.